The molecule has 7 nitrogen and oxygen atoms in total. The Morgan fingerprint density at radius 2 is 2.17 bits per heavy atom. The third-order valence-electron chi connectivity index (χ3n) is 2.98. The fourth-order valence-electron chi connectivity index (χ4n) is 2.02. The van der Waals surface area contributed by atoms with Gasteiger partial charge >= 0.3 is 12.0 Å². The van der Waals surface area contributed by atoms with Gasteiger partial charge in [-0.25, -0.2) is 9.59 Å². The number of urea groups is 1. The number of aliphatic hydroxyl groups is 1. The molecule has 1 fully saturated rings. The minimum Gasteiger partial charge on any atom is -0.480 e. The third-order valence-corrected chi connectivity index (χ3v) is 2.98. The number of hydrogen-bond donors (Lipinski definition) is 2. The van der Waals surface area contributed by atoms with E-state index in [1.807, 2.05) is 0 Å². The second-order valence-corrected chi connectivity index (χ2v) is 4.45. The molecule has 2 amide bonds. The van der Waals surface area contributed by atoms with E-state index in [1.165, 1.54) is 9.80 Å². The standard InChI is InChI=1S/C11H20N2O5/c1-12(4-3-5-18-2)11(17)13-7-8(14)6-9(13)10(15)16/h8-9,14H,3-7H2,1-2H3,(H,15,16)/t8-,9-/m1/s1. The zero-order valence-electron chi connectivity index (χ0n) is 10.7. The molecule has 0 spiro atoms. The van der Waals surface area contributed by atoms with Crippen molar-refractivity contribution in [2.24, 2.45) is 0 Å². The van der Waals surface area contributed by atoms with Crippen molar-refractivity contribution in [2.45, 2.75) is 25.0 Å². The Morgan fingerprint density at radius 1 is 1.50 bits per heavy atom. The number of carboxylic acid groups (broad SMARTS) is 1. The summed E-state index contributed by atoms with van der Waals surface area (Å²) in [5, 5.41) is 18.5. The molecule has 0 aromatic rings. The number of amides is 2. The van der Waals surface area contributed by atoms with E-state index in [9.17, 15) is 14.7 Å². The van der Waals surface area contributed by atoms with Gasteiger partial charge in [0.05, 0.1) is 6.10 Å². The molecule has 104 valence electrons. The minimum absolute atomic E-state index is 0.0738. The van der Waals surface area contributed by atoms with Crippen LogP contribution in [0.4, 0.5) is 4.79 Å². The fourth-order valence-corrected chi connectivity index (χ4v) is 2.02. The van der Waals surface area contributed by atoms with E-state index in [0.717, 1.165) is 0 Å². The topological polar surface area (TPSA) is 90.3 Å². The van der Waals surface area contributed by atoms with Crippen molar-refractivity contribution in [3.05, 3.63) is 0 Å². The van der Waals surface area contributed by atoms with Crippen LogP contribution in [0.2, 0.25) is 0 Å². The molecule has 1 saturated heterocycles. The molecule has 0 aliphatic carbocycles. The maximum atomic E-state index is 12.0. The quantitative estimate of drug-likeness (QED) is 0.656. The fraction of sp³-hybridized carbons (Fsp3) is 0.818. The van der Waals surface area contributed by atoms with Crippen LogP contribution in [0, 0.1) is 0 Å². The van der Waals surface area contributed by atoms with Crippen LogP contribution in [0.5, 0.6) is 0 Å². The molecule has 7 heteroatoms. The summed E-state index contributed by atoms with van der Waals surface area (Å²) < 4.78 is 4.89. The van der Waals surface area contributed by atoms with Crippen LogP contribution in [-0.2, 0) is 9.53 Å². The van der Waals surface area contributed by atoms with Crippen LogP contribution < -0.4 is 0 Å². The first kappa shape index (κ1) is 14.7. The zero-order chi connectivity index (χ0) is 13.7. The van der Waals surface area contributed by atoms with Crippen molar-refractivity contribution >= 4 is 12.0 Å². The normalized spacial score (nSPS) is 23.2. The molecule has 0 radical (unpaired) electrons. The SMILES string of the molecule is COCCCN(C)C(=O)N1C[C@H](O)C[C@@H]1C(=O)O. The van der Waals surface area contributed by atoms with Crippen LogP contribution in [0.3, 0.4) is 0 Å². The van der Waals surface area contributed by atoms with Crippen LogP contribution >= 0.6 is 0 Å². The molecule has 2 atom stereocenters. The lowest BCUT2D eigenvalue weighted by atomic mass is 10.2. The van der Waals surface area contributed by atoms with Gasteiger partial charge in [-0.15, -0.1) is 0 Å². The molecule has 1 heterocycles. The highest BCUT2D eigenvalue weighted by Crippen LogP contribution is 2.19. The number of hydrogen-bond acceptors (Lipinski definition) is 4. The van der Waals surface area contributed by atoms with Gasteiger partial charge in [-0.05, 0) is 6.42 Å². The second kappa shape index (κ2) is 6.55. The van der Waals surface area contributed by atoms with Crippen molar-refractivity contribution < 1.29 is 24.5 Å². The van der Waals surface area contributed by atoms with Gasteiger partial charge in [0.2, 0.25) is 0 Å². The molecular formula is C11H20N2O5. The van der Waals surface area contributed by atoms with Crippen LogP contribution in [0.1, 0.15) is 12.8 Å². The zero-order valence-corrected chi connectivity index (χ0v) is 10.7. The van der Waals surface area contributed by atoms with Gasteiger partial charge in [0.25, 0.3) is 0 Å². The van der Waals surface area contributed by atoms with Crippen LogP contribution in [0.15, 0.2) is 0 Å². The molecule has 0 saturated carbocycles. The second-order valence-electron chi connectivity index (χ2n) is 4.45. The lowest BCUT2D eigenvalue weighted by molar-refractivity contribution is -0.141. The van der Waals surface area contributed by atoms with E-state index >= 15 is 0 Å². The largest absolute Gasteiger partial charge is 0.480 e. The van der Waals surface area contributed by atoms with Gasteiger partial charge in [0.15, 0.2) is 0 Å². The van der Waals surface area contributed by atoms with E-state index in [1.54, 1.807) is 14.2 Å². The summed E-state index contributed by atoms with van der Waals surface area (Å²) in [7, 11) is 3.20. The Balaban J connectivity index is 2.56. The van der Waals surface area contributed by atoms with E-state index in [4.69, 9.17) is 9.84 Å². The van der Waals surface area contributed by atoms with Gasteiger partial charge in [-0.2, -0.15) is 0 Å². The van der Waals surface area contributed by atoms with Gasteiger partial charge in [-0.3, -0.25) is 0 Å². The average molecular weight is 260 g/mol. The highest BCUT2D eigenvalue weighted by atomic mass is 16.5. The number of aliphatic carboxylic acids is 1. The Hall–Kier alpha value is -1.34. The summed E-state index contributed by atoms with van der Waals surface area (Å²) in [6.45, 7) is 1.11. The minimum atomic E-state index is -1.08. The molecule has 1 aliphatic rings. The summed E-state index contributed by atoms with van der Waals surface area (Å²) >= 11 is 0. The molecule has 0 aromatic carbocycles. The lowest BCUT2D eigenvalue weighted by Gasteiger charge is -2.27. The van der Waals surface area contributed by atoms with Crippen molar-refractivity contribution in [3.8, 4) is 0 Å². The van der Waals surface area contributed by atoms with Crippen molar-refractivity contribution in [3.63, 3.8) is 0 Å². The van der Waals surface area contributed by atoms with E-state index in [2.05, 4.69) is 0 Å². The van der Waals surface area contributed by atoms with E-state index in [0.29, 0.717) is 19.6 Å². The highest BCUT2D eigenvalue weighted by molar-refractivity contribution is 5.83. The number of carboxylic acids is 1. The average Bonchev–Trinajstić information content (AvgIpc) is 2.70. The summed E-state index contributed by atoms with van der Waals surface area (Å²) in [5.41, 5.74) is 0. The Labute approximate surface area is 106 Å². The van der Waals surface area contributed by atoms with Gasteiger partial charge in [0.1, 0.15) is 6.04 Å². The first-order valence-corrected chi connectivity index (χ1v) is 5.89. The van der Waals surface area contributed by atoms with E-state index < -0.39 is 18.1 Å². The number of β-amino-alcohol motifs (C(OH)–C–C–N with tert-alkyl or cyclic N) is 1. The monoisotopic (exact) mass is 260 g/mol. The number of aliphatic hydroxyl groups excluding tert-OH is 1. The number of carbonyl (C=O) groups is 2. The molecule has 2 N–H and O–H groups in total. The van der Waals surface area contributed by atoms with Crippen LogP contribution in [-0.4, -0.2) is 78.0 Å². The highest BCUT2D eigenvalue weighted by Gasteiger charge is 2.39. The van der Waals surface area contributed by atoms with Gasteiger partial charge in [0, 0.05) is 40.3 Å². The molecular weight excluding hydrogens is 240 g/mol. The van der Waals surface area contributed by atoms with Crippen molar-refractivity contribution in [1.29, 1.82) is 0 Å². The first-order valence-electron chi connectivity index (χ1n) is 5.89. The number of methoxy groups -OCH3 is 1. The van der Waals surface area contributed by atoms with E-state index in [-0.39, 0.29) is 19.0 Å². The molecule has 0 unspecified atom stereocenters. The number of carbonyl (C=O) groups excluding carboxylic acids is 1. The number of rotatable bonds is 5. The lowest BCUT2D eigenvalue weighted by Crippen LogP contribution is -2.47. The Morgan fingerprint density at radius 3 is 2.72 bits per heavy atom. The van der Waals surface area contributed by atoms with Crippen molar-refractivity contribution in [2.75, 3.05) is 33.9 Å². The summed E-state index contributed by atoms with van der Waals surface area (Å²) in [4.78, 5) is 25.7. The van der Waals surface area contributed by atoms with Crippen LogP contribution in [0.25, 0.3) is 0 Å². The maximum Gasteiger partial charge on any atom is 0.326 e. The predicted octanol–water partition coefficient (Wildman–Crippen LogP) is -0.405. The molecule has 0 aromatic heterocycles. The maximum absolute atomic E-state index is 12.0. The predicted molar refractivity (Wildman–Crippen MR) is 63.3 cm³/mol. The number of nitrogens with zero attached hydrogens (tertiary/aromatic N) is 2. The summed E-state index contributed by atoms with van der Waals surface area (Å²) in [5.74, 6) is -1.08. The molecule has 1 rings (SSSR count). The number of ether oxygens (including phenoxy) is 1. The third kappa shape index (κ3) is 3.58. The Kier molecular flexibility index (Phi) is 5.36. The van der Waals surface area contributed by atoms with Gasteiger partial charge < -0.3 is 24.7 Å². The molecule has 18 heavy (non-hydrogen) atoms. The van der Waals surface area contributed by atoms with Crippen molar-refractivity contribution in [1.82, 2.24) is 9.80 Å². The smallest absolute Gasteiger partial charge is 0.326 e. The molecule has 0 bridgehead atoms. The summed E-state index contributed by atoms with van der Waals surface area (Å²) in [6, 6.07) is -1.30. The summed E-state index contributed by atoms with van der Waals surface area (Å²) in [6.07, 6.45) is 0.0160. The van der Waals surface area contributed by atoms with Gasteiger partial charge in [-0.1, -0.05) is 0 Å². The molecule has 1 aliphatic heterocycles. The first-order chi connectivity index (χ1) is 8.47. The Bertz CT molecular complexity index is 310. The number of likely N-dealkylation sites (tertiary alicyclic amines) is 1.